The standard InChI is InChI=1S/C27H23BrN2O3/c1-27(2,3)18-8-4-16(5-9-18)24-21-13-12-20(14-23(21)33-25(30)22(24)15-29)32-26(31)17-6-10-19(28)11-7-17/h4-14,24H,30H2,1-3H3. The van der Waals surface area contributed by atoms with E-state index in [2.05, 4.69) is 54.9 Å². The zero-order chi connectivity index (χ0) is 23.8. The number of nitrogens with two attached hydrogens (primary N) is 1. The third-order valence-electron chi connectivity index (χ3n) is 5.59. The van der Waals surface area contributed by atoms with Gasteiger partial charge in [0.25, 0.3) is 0 Å². The molecule has 4 rings (SSSR count). The van der Waals surface area contributed by atoms with Gasteiger partial charge in [0.15, 0.2) is 0 Å². The molecule has 166 valence electrons. The van der Waals surface area contributed by atoms with Gasteiger partial charge in [-0.15, -0.1) is 0 Å². The molecular weight excluding hydrogens is 480 g/mol. The van der Waals surface area contributed by atoms with E-state index in [1.165, 1.54) is 5.56 Å². The van der Waals surface area contributed by atoms with E-state index < -0.39 is 5.97 Å². The highest BCUT2D eigenvalue weighted by molar-refractivity contribution is 9.10. The van der Waals surface area contributed by atoms with Gasteiger partial charge in [0, 0.05) is 16.1 Å². The number of nitriles is 1. The summed E-state index contributed by atoms with van der Waals surface area (Å²) in [5.41, 5.74) is 9.83. The molecule has 0 saturated carbocycles. The van der Waals surface area contributed by atoms with Crippen LogP contribution in [0.2, 0.25) is 0 Å². The Morgan fingerprint density at radius 2 is 1.73 bits per heavy atom. The Hall–Kier alpha value is -3.56. The van der Waals surface area contributed by atoms with Gasteiger partial charge >= 0.3 is 5.97 Å². The Labute approximate surface area is 201 Å². The van der Waals surface area contributed by atoms with Gasteiger partial charge in [-0.2, -0.15) is 5.26 Å². The summed E-state index contributed by atoms with van der Waals surface area (Å²) in [5.74, 6) is -0.0155. The van der Waals surface area contributed by atoms with Crippen molar-refractivity contribution in [3.05, 3.63) is 105 Å². The van der Waals surface area contributed by atoms with E-state index in [0.29, 0.717) is 22.6 Å². The Morgan fingerprint density at radius 3 is 2.33 bits per heavy atom. The van der Waals surface area contributed by atoms with Crippen LogP contribution in [0.25, 0.3) is 0 Å². The molecule has 5 nitrogen and oxygen atoms in total. The van der Waals surface area contributed by atoms with Gasteiger partial charge < -0.3 is 15.2 Å². The second-order valence-corrected chi connectivity index (χ2v) is 9.81. The van der Waals surface area contributed by atoms with Crippen LogP contribution in [0.1, 0.15) is 53.7 Å². The Bertz CT molecular complexity index is 1280. The molecule has 1 aliphatic heterocycles. The van der Waals surface area contributed by atoms with Crippen LogP contribution in [0.3, 0.4) is 0 Å². The van der Waals surface area contributed by atoms with Crippen molar-refractivity contribution in [2.24, 2.45) is 5.73 Å². The number of nitrogens with zero attached hydrogens (tertiary/aromatic N) is 1. The van der Waals surface area contributed by atoms with E-state index in [0.717, 1.165) is 15.6 Å². The van der Waals surface area contributed by atoms with Crippen LogP contribution < -0.4 is 15.2 Å². The monoisotopic (exact) mass is 502 g/mol. The van der Waals surface area contributed by atoms with E-state index in [9.17, 15) is 10.1 Å². The van der Waals surface area contributed by atoms with E-state index in [4.69, 9.17) is 15.2 Å². The normalized spacial score (nSPS) is 15.3. The summed E-state index contributed by atoms with van der Waals surface area (Å²) in [5, 5.41) is 9.78. The predicted molar refractivity (Wildman–Crippen MR) is 130 cm³/mol. The molecular formula is C27H23BrN2O3. The lowest BCUT2D eigenvalue weighted by Gasteiger charge is -2.27. The molecule has 0 aliphatic carbocycles. The van der Waals surface area contributed by atoms with Crippen LogP contribution in [-0.2, 0) is 5.41 Å². The van der Waals surface area contributed by atoms with Crippen molar-refractivity contribution in [1.29, 1.82) is 5.26 Å². The molecule has 2 N–H and O–H groups in total. The van der Waals surface area contributed by atoms with Gasteiger partial charge in [-0.1, -0.05) is 67.0 Å². The maximum Gasteiger partial charge on any atom is 0.343 e. The summed E-state index contributed by atoms with van der Waals surface area (Å²) in [4.78, 5) is 12.5. The number of fused-ring (bicyclic) bond motifs is 1. The number of esters is 1. The second kappa shape index (κ2) is 8.76. The van der Waals surface area contributed by atoms with Crippen molar-refractivity contribution >= 4 is 21.9 Å². The average molecular weight is 503 g/mol. The molecule has 3 aromatic rings. The fourth-order valence-electron chi connectivity index (χ4n) is 3.77. The largest absolute Gasteiger partial charge is 0.440 e. The Balaban J connectivity index is 1.67. The zero-order valence-corrected chi connectivity index (χ0v) is 20.1. The minimum Gasteiger partial charge on any atom is -0.440 e. The van der Waals surface area contributed by atoms with Crippen LogP contribution in [0.5, 0.6) is 11.5 Å². The molecule has 0 fully saturated rings. The summed E-state index contributed by atoms with van der Waals surface area (Å²) < 4.78 is 12.2. The molecule has 1 atom stereocenters. The zero-order valence-electron chi connectivity index (χ0n) is 18.6. The molecule has 0 spiro atoms. The number of halogens is 1. The lowest BCUT2D eigenvalue weighted by Crippen LogP contribution is -2.21. The number of carbonyl (C=O) groups is 1. The fraction of sp³-hybridized carbons (Fsp3) is 0.185. The number of carbonyl (C=O) groups excluding carboxylic acids is 1. The van der Waals surface area contributed by atoms with Crippen LogP contribution in [0, 0.1) is 11.3 Å². The minimum atomic E-state index is -0.478. The molecule has 0 bridgehead atoms. The third kappa shape index (κ3) is 4.64. The summed E-state index contributed by atoms with van der Waals surface area (Å²) >= 11 is 3.35. The van der Waals surface area contributed by atoms with Crippen molar-refractivity contribution in [2.75, 3.05) is 0 Å². The van der Waals surface area contributed by atoms with Gasteiger partial charge in [0.1, 0.15) is 23.1 Å². The predicted octanol–water partition coefficient (Wildman–Crippen LogP) is 6.18. The minimum absolute atomic E-state index is 0.0205. The summed E-state index contributed by atoms with van der Waals surface area (Å²) in [6.45, 7) is 6.46. The fourth-order valence-corrected chi connectivity index (χ4v) is 4.03. The molecule has 3 aromatic carbocycles. The lowest BCUT2D eigenvalue weighted by molar-refractivity contribution is 0.0734. The number of benzene rings is 3. The quantitative estimate of drug-likeness (QED) is 0.341. The van der Waals surface area contributed by atoms with Gasteiger partial charge in [-0.3, -0.25) is 0 Å². The molecule has 1 aliphatic rings. The van der Waals surface area contributed by atoms with Crippen molar-refractivity contribution in [1.82, 2.24) is 0 Å². The van der Waals surface area contributed by atoms with Gasteiger partial charge in [-0.25, -0.2) is 4.79 Å². The molecule has 0 aromatic heterocycles. The number of hydrogen-bond acceptors (Lipinski definition) is 5. The van der Waals surface area contributed by atoms with Crippen molar-refractivity contribution < 1.29 is 14.3 Å². The average Bonchev–Trinajstić information content (AvgIpc) is 2.78. The van der Waals surface area contributed by atoms with Crippen LogP contribution >= 0.6 is 15.9 Å². The summed E-state index contributed by atoms with van der Waals surface area (Å²) in [6.07, 6.45) is 0. The van der Waals surface area contributed by atoms with E-state index in [-0.39, 0.29) is 17.2 Å². The summed E-state index contributed by atoms with van der Waals surface area (Å²) in [7, 11) is 0. The maximum absolute atomic E-state index is 12.5. The highest BCUT2D eigenvalue weighted by Gasteiger charge is 2.31. The van der Waals surface area contributed by atoms with Crippen LogP contribution in [0.4, 0.5) is 0 Å². The molecule has 1 heterocycles. The van der Waals surface area contributed by atoms with Crippen LogP contribution in [0.15, 0.2) is 82.7 Å². The highest BCUT2D eigenvalue weighted by atomic mass is 79.9. The van der Waals surface area contributed by atoms with Crippen LogP contribution in [-0.4, -0.2) is 5.97 Å². The van der Waals surface area contributed by atoms with Gasteiger partial charge in [-0.05, 0) is 46.9 Å². The number of hydrogen-bond donors (Lipinski definition) is 1. The van der Waals surface area contributed by atoms with Gasteiger partial charge in [0.05, 0.1) is 11.5 Å². The number of allylic oxidation sites excluding steroid dienone is 1. The smallest absolute Gasteiger partial charge is 0.343 e. The first-order chi connectivity index (χ1) is 15.7. The molecule has 1 unspecified atom stereocenters. The van der Waals surface area contributed by atoms with Crippen molar-refractivity contribution in [2.45, 2.75) is 32.1 Å². The first-order valence-electron chi connectivity index (χ1n) is 10.5. The Kier molecular flexibility index (Phi) is 6.01. The van der Waals surface area contributed by atoms with E-state index in [1.807, 2.05) is 18.2 Å². The third-order valence-corrected chi connectivity index (χ3v) is 6.12. The maximum atomic E-state index is 12.5. The van der Waals surface area contributed by atoms with Crippen molar-refractivity contribution in [3.8, 4) is 17.6 Å². The highest BCUT2D eigenvalue weighted by Crippen LogP contribution is 2.43. The second-order valence-electron chi connectivity index (χ2n) is 8.89. The molecule has 6 heteroatoms. The Morgan fingerprint density at radius 1 is 1.06 bits per heavy atom. The first kappa shape index (κ1) is 22.6. The summed E-state index contributed by atoms with van der Waals surface area (Å²) in [6, 6.07) is 22.4. The molecule has 0 saturated heterocycles. The molecule has 0 radical (unpaired) electrons. The van der Waals surface area contributed by atoms with Gasteiger partial charge in [0.2, 0.25) is 5.88 Å². The van der Waals surface area contributed by atoms with Crippen molar-refractivity contribution in [3.63, 3.8) is 0 Å². The first-order valence-corrected chi connectivity index (χ1v) is 11.3. The van der Waals surface area contributed by atoms with E-state index in [1.54, 1.807) is 36.4 Å². The topological polar surface area (TPSA) is 85.3 Å². The lowest BCUT2D eigenvalue weighted by atomic mass is 9.81. The molecule has 0 amide bonds. The number of rotatable bonds is 3. The number of ether oxygens (including phenoxy) is 2. The molecule has 33 heavy (non-hydrogen) atoms. The SMILES string of the molecule is CC(C)(C)c1ccc(C2C(C#N)=C(N)Oc3cc(OC(=O)c4ccc(Br)cc4)ccc32)cc1. The van der Waals surface area contributed by atoms with E-state index >= 15 is 0 Å².